The SMILES string of the molecule is C/C=C/C(CC(=O)c1ccccc1)C1CCCCC1. The van der Waals surface area contributed by atoms with E-state index in [-0.39, 0.29) is 5.78 Å². The van der Waals surface area contributed by atoms with Crippen LogP contribution >= 0.6 is 0 Å². The number of allylic oxidation sites excluding steroid dienone is 2. The molecule has 0 N–H and O–H groups in total. The fraction of sp³-hybridized carbons (Fsp3) is 0.500. The molecule has 0 bridgehead atoms. The van der Waals surface area contributed by atoms with Crippen LogP contribution in [0.15, 0.2) is 42.5 Å². The summed E-state index contributed by atoms with van der Waals surface area (Å²) in [6.45, 7) is 2.06. The third-order valence-electron chi connectivity index (χ3n) is 4.21. The van der Waals surface area contributed by atoms with Crippen molar-refractivity contribution in [1.82, 2.24) is 0 Å². The Bertz CT molecular complexity index is 413. The van der Waals surface area contributed by atoms with Gasteiger partial charge in [0, 0.05) is 12.0 Å². The summed E-state index contributed by atoms with van der Waals surface area (Å²) in [7, 11) is 0. The molecule has 1 heteroatoms. The molecule has 0 aromatic heterocycles. The van der Waals surface area contributed by atoms with Gasteiger partial charge in [0.2, 0.25) is 0 Å². The molecular formula is C18H24O. The van der Waals surface area contributed by atoms with Crippen molar-refractivity contribution in [3.63, 3.8) is 0 Å². The smallest absolute Gasteiger partial charge is 0.163 e. The minimum absolute atomic E-state index is 0.286. The average molecular weight is 256 g/mol. The van der Waals surface area contributed by atoms with Gasteiger partial charge in [0.05, 0.1) is 0 Å². The number of hydrogen-bond donors (Lipinski definition) is 0. The molecule has 0 amide bonds. The lowest BCUT2D eigenvalue weighted by Crippen LogP contribution is -2.19. The van der Waals surface area contributed by atoms with Crippen molar-refractivity contribution in [1.29, 1.82) is 0 Å². The first kappa shape index (κ1) is 14.0. The van der Waals surface area contributed by atoms with Crippen molar-refractivity contribution in [2.24, 2.45) is 11.8 Å². The summed E-state index contributed by atoms with van der Waals surface area (Å²) in [6.07, 6.45) is 11.6. The maximum Gasteiger partial charge on any atom is 0.163 e. The molecule has 0 radical (unpaired) electrons. The van der Waals surface area contributed by atoms with E-state index in [1.807, 2.05) is 30.3 Å². The first-order chi connectivity index (χ1) is 9.31. The number of rotatable bonds is 5. The topological polar surface area (TPSA) is 17.1 Å². The molecule has 1 aromatic carbocycles. The second-order valence-electron chi connectivity index (χ2n) is 5.58. The van der Waals surface area contributed by atoms with Gasteiger partial charge in [-0.15, -0.1) is 0 Å². The van der Waals surface area contributed by atoms with Crippen LogP contribution in [-0.4, -0.2) is 5.78 Å². The van der Waals surface area contributed by atoms with Gasteiger partial charge in [-0.3, -0.25) is 4.79 Å². The van der Waals surface area contributed by atoms with Gasteiger partial charge in [-0.2, -0.15) is 0 Å². The van der Waals surface area contributed by atoms with E-state index < -0.39 is 0 Å². The van der Waals surface area contributed by atoms with E-state index in [1.54, 1.807) is 0 Å². The summed E-state index contributed by atoms with van der Waals surface area (Å²) < 4.78 is 0. The van der Waals surface area contributed by atoms with Gasteiger partial charge in [-0.1, -0.05) is 61.7 Å². The van der Waals surface area contributed by atoms with Crippen molar-refractivity contribution in [2.75, 3.05) is 0 Å². The highest BCUT2D eigenvalue weighted by Gasteiger charge is 2.23. The maximum absolute atomic E-state index is 12.3. The van der Waals surface area contributed by atoms with Gasteiger partial charge in [0.1, 0.15) is 0 Å². The van der Waals surface area contributed by atoms with Crippen LogP contribution < -0.4 is 0 Å². The van der Waals surface area contributed by atoms with Gasteiger partial charge in [-0.05, 0) is 31.6 Å². The molecule has 1 fully saturated rings. The molecule has 0 aliphatic heterocycles. The molecule has 1 aromatic rings. The Labute approximate surface area is 116 Å². The molecule has 1 atom stereocenters. The molecule has 0 heterocycles. The maximum atomic E-state index is 12.3. The van der Waals surface area contributed by atoms with Crippen molar-refractivity contribution in [2.45, 2.75) is 45.4 Å². The minimum Gasteiger partial charge on any atom is -0.294 e. The molecule has 1 nitrogen and oxygen atoms in total. The van der Waals surface area contributed by atoms with Crippen molar-refractivity contribution >= 4 is 5.78 Å². The van der Waals surface area contributed by atoms with Gasteiger partial charge < -0.3 is 0 Å². The predicted octanol–water partition coefficient (Wildman–Crippen LogP) is 5.03. The zero-order valence-electron chi connectivity index (χ0n) is 11.8. The molecule has 2 rings (SSSR count). The Balaban J connectivity index is 2.02. The zero-order chi connectivity index (χ0) is 13.5. The quantitative estimate of drug-likeness (QED) is 0.533. The number of carbonyl (C=O) groups is 1. The molecule has 1 aliphatic rings. The van der Waals surface area contributed by atoms with E-state index in [1.165, 1.54) is 32.1 Å². The highest BCUT2D eigenvalue weighted by Crippen LogP contribution is 2.33. The summed E-state index contributed by atoms with van der Waals surface area (Å²) in [5.41, 5.74) is 0.854. The molecule has 1 aliphatic carbocycles. The van der Waals surface area contributed by atoms with Crippen LogP contribution in [0.5, 0.6) is 0 Å². The number of ketones is 1. The Morgan fingerprint density at radius 1 is 1.21 bits per heavy atom. The number of benzene rings is 1. The molecule has 19 heavy (non-hydrogen) atoms. The highest BCUT2D eigenvalue weighted by atomic mass is 16.1. The van der Waals surface area contributed by atoms with Crippen LogP contribution in [0, 0.1) is 11.8 Å². The predicted molar refractivity (Wildman–Crippen MR) is 80.3 cm³/mol. The summed E-state index contributed by atoms with van der Waals surface area (Å²) in [4.78, 5) is 12.3. The Morgan fingerprint density at radius 3 is 2.53 bits per heavy atom. The summed E-state index contributed by atoms with van der Waals surface area (Å²) in [5, 5.41) is 0. The zero-order valence-corrected chi connectivity index (χ0v) is 11.8. The lowest BCUT2D eigenvalue weighted by Gasteiger charge is -2.28. The van der Waals surface area contributed by atoms with Crippen LogP contribution in [0.3, 0.4) is 0 Å². The van der Waals surface area contributed by atoms with Crippen LogP contribution in [0.2, 0.25) is 0 Å². The second-order valence-corrected chi connectivity index (χ2v) is 5.58. The average Bonchev–Trinajstić information content (AvgIpc) is 2.48. The normalized spacial score (nSPS) is 18.6. The van der Waals surface area contributed by atoms with Crippen LogP contribution in [0.4, 0.5) is 0 Å². The van der Waals surface area contributed by atoms with Crippen LogP contribution in [0.1, 0.15) is 55.8 Å². The van der Waals surface area contributed by atoms with E-state index >= 15 is 0 Å². The number of hydrogen-bond acceptors (Lipinski definition) is 1. The van der Waals surface area contributed by atoms with Crippen molar-refractivity contribution in [3.05, 3.63) is 48.0 Å². The fourth-order valence-electron chi connectivity index (χ4n) is 3.16. The van der Waals surface area contributed by atoms with Gasteiger partial charge >= 0.3 is 0 Å². The van der Waals surface area contributed by atoms with Gasteiger partial charge in [0.25, 0.3) is 0 Å². The number of Topliss-reactive ketones (excluding diaryl/α,β-unsaturated/α-hetero) is 1. The summed E-state index contributed by atoms with van der Waals surface area (Å²) in [6, 6.07) is 9.70. The van der Waals surface area contributed by atoms with E-state index in [0.717, 1.165) is 5.56 Å². The Morgan fingerprint density at radius 2 is 1.89 bits per heavy atom. The summed E-state index contributed by atoms with van der Waals surface area (Å²) >= 11 is 0. The monoisotopic (exact) mass is 256 g/mol. The second kappa shape index (κ2) is 7.28. The lowest BCUT2D eigenvalue weighted by molar-refractivity contribution is 0.0949. The van der Waals surface area contributed by atoms with E-state index in [4.69, 9.17) is 0 Å². The Kier molecular flexibility index (Phi) is 5.38. The molecule has 1 unspecified atom stereocenters. The van der Waals surface area contributed by atoms with Gasteiger partial charge in [0.15, 0.2) is 5.78 Å². The summed E-state index contributed by atoms with van der Waals surface area (Å²) in [5.74, 6) is 1.42. The molecule has 0 spiro atoms. The van der Waals surface area contributed by atoms with Crippen molar-refractivity contribution < 1.29 is 4.79 Å². The van der Waals surface area contributed by atoms with Crippen molar-refractivity contribution in [3.8, 4) is 0 Å². The minimum atomic E-state index is 0.286. The number of carbonyl (C=O) groups excluding carboxylic acids is 1. The van der Waals surface area contributed by atoms with E-state index in [0.29, 0.717) is 18.3 Å². The molecular weight excluding hydrogens is 232 g/mol. The van der Waals surface area contributed by atoms with Crippen LogP contribution in [0.25, 0.3) is 0 Å². The molecule has 0 saturated heterocycles. The van der Waals surface area contributed by atoms with Crippen LogP contribution in [-0.2, 0) is 0 Å². The molecule has 102 valence electrons. The largest absolute Gasteiger partial charge is 0.294 e. The van der Waals surface area contributed by atoms with E-state index in [9.17, 15) is 4.79 Å². The standard InChI is InChI=1S/C18H24O/c1-2-9-17(15-10-5-3-6-11-15)14-18(19)16-12-7-4-8-13-16/h2,4,7-9,12-13,15,17H,3,5-6,10-11,14H2,1H3/b9-2+. The highest BCUT2D eigenvalue weighted by molar-refractivity contribution is 5.96. The fourth-order valence-corrected chi connectivity index (χ4v) is 3.16. The lowest BCUT2D eigenvalue weighted by atomic mass is 9.77. The third-order valence-corrected chi connectivity index (χ3v) is 4.21. The van der Waals surface area contributed by atoms with E-state index in [2.05, 4.69) is 19.1 Å². The first-order valence-electron chi connectivity index (χ1n) is 7.52. The molecule has 1 saturated carbocycles. The third kappa shape index (κ3) is 4.05. The Hall–Kier alpha value is -1.37. The first-order valence-corrected chi connectivity index (χ1v) is 7.52. The van der Waals surface area contributed by atoms with Gasteiger partial charge in [-0.25, -0.2) is 0 Å².